The molecule has 1 radical (unpaired) electrons. The second-order valence-electron chi connectivity index (χ2n) is 5.73. The Bertz CT molecular complexity index is 811. The number of ether oxygens (including phenoxy) is 3. The van der Waals surface area contributed by atoms with Crippen LogP contribution in [0.1, 0.15) is 19.4 Å². The zero-order valence-electron chi connectivity index (χ0n) is 15.2. The first kappa shape index (κ1) is 17.9. The summed E-state index contributed by atoms with van der Waals surface area (Å²) in [5.74, 6) is 2.24. The molecule has 0 aromatic heterocycles. The van der Waals surface area contributed by atoms with Crippen LogP contribution in [0.5, 0.6) is 17.2 Å². The van der Waals surface area contributed by atoms with E-state index < -0.39 is 0 Å². The van der Waals surface area contributed by atoms with Crippen molar-refractivity contribution in [2.75, 3.05) is 13.2 Å². The molecular formula is C23H23O3. The van der Waals surface area contributed by atoms with Crippen molar-refractivity contribution >= 4 is 0 Å². The van der Waals surface area contributed by atoms with Gasteiger partial charge in [0.15, 0.2) is 0 Å². The van der Waals surface area contributed by atoms with Crippen LogP contribution in [-0.2, 0) is 6.61 Å². The number of hydrogen-bond acceptors (Lipinski definition) is 3. The largest absolute Gasteiger partial charge is 0.493 e. The first-order chi connectivity index (χ1) is 12.8. The summed E-state index contributed by atoms with van der Waals surface area (Å²) >= 11 is 0. The average Bonchev–Trinajstić information content (AvgIpc) is 2.69. The van der Waals surface area contributed by atoms with Crippen molar-refractivity contribution < 1.29 is 14.2 Å². The van der Waals surface area contributed by atoms with E-state index in [1.807, 2.05) is 68.4 Å². The molecule has 3 nitrogen and oxygen atoms in total. The lowest BCUT2D eigenvalue weighted by Gasteiger charge is -2.13. The third kappa shape index (κ3) is 4.57. The molecule has 0 aliphatic heterocycles. The molecular weight excluding hydrogens is 324 g/mol. The molecule has 0 heterocycles. The van der Waals surface area contributed by atoms with E-state index in [0.717, 1.165) is 22.4 Å². The molecule has 0 saturated carbocycles. The molecule has 3 aromatic rings. The number of benzene rings is 3. The number of hydrogen-bond donors (Lipinski definition) is 0. The van der Waals surface area contributed by atoms with E-state index in [9.17, 15) is 0 Å². The SMILES string of the molecule is CCOc1[c]c(OCC)c(-c2ccc(OCc3ccccc3)cc2)cc1. The summed E-state index contributed by atoms with van der Waals surface area (Å²) in [6.07, 6.45) is 0. The molecule has 133 valence electrons. The Morgan fingerprint density at radius 3 is 2.15 bits per heavy atom. The van der Waals surface area contributed by atoms with E-state index in [1.165, 1.54) is 0 Å². The van der Waals surface area contributed by atoms with Crippen molar-refractivity contribution in [2.24, 2.45) is 0 Å². The van der Waals surface area contributed by atoms with Crippen LogP contribution >= 0.6 is 0 Å². The monoisotopic (exact) mass is 347 g/mol. The quantitative estimate of drug-likeness (QED) is 0.536. The average molecular weight is 347 g/mol. The summed E-state index contributed by atoms with van der Waals surface area (Å²) in [6, 6.07) is 25.3. The van der Waals surface area contributed by atoms with Crippen LogP contribution in [0, 0.1) is 6.07 Å². The maximum absolute atomic E-state index is 5.85. The molecule has 0 amide bonds. The Balaban J connectivity index is 1.75. The lowest BCUT2D eigenvalue weighted by Crippen LogP contribution is -1.98. The smallest absolute Gasteiger partial charge is 0.138 e. The molecule has 0 spiro atoms. The molecule has 0 saturated heterocycles. The van der Waals surface area contributed by atoms with Gasteiger partial charge in [0.25, 0.3) is 0 Å². The van der Waals surface area contributed by atoms with Crippen LogP contribution in [0.2, 0.25) is 0 Å². The van der Waals surface area contributed by atoms with Gasteiger partial charge in [0.1, 0.15) is 23.9 Å². The first-order valence-electron chi connectivity index (χ1n) is 8.89. The Kier molecular flexibility index (Phi) is 6.15. The fraction of sp³-hybridized carbons (Fsp3) is 0.217. The molecule has 3 rings (SSSR count). The predicted molar refractivity (Wildman–Crippen MR) is 104 cm³/mol. The summed E-state index contributed by atoms with van der Waals surface area (Å²) in [5, 5.41) is 0. The van der Waals surface area contributed by atoms with Crippen LogP contribution in [0.15, 0.2) is 66.7 Å². The summed E-state index contributed by atoms with van der Waals surface area (Å²) in [7, 11) is 0. The van der Waals surface area contributed by atoms with Crippen molar-refractivity contribution in [2.45, 2.75) is 20.5 Å². The van der Waals surface area contributed by atoms with Gasteiger partial charge in [-0.1, -0.05) is 42.5 Å². The molecule has 0 aliphatic rings. The molecule has 0 atom stereocenters. The highest BCUT2D eigenvalue weighted by Crippen LogP contribution is 2.34. The van der Waals surface area contributed by atoms with Gasteiger partial charge >= 0.3 is 0 Å². The lowest BCUT2D eigenvalue weighted by atomic mass is 10.0. The zero-order valence-corrected chi connectivity index (χ0v) is 15.2. The highest BCUT2D eigenvalue weighted by Gasteiger charge is 2.09. The molecule has 26 heavy (non-hydrogen) atoms. The van der Waals surface area contributed by atoms with Gasteiger partial charge in [0, 0.05) is 5.56 Å². The maximum Gasteiger partial charge on any atom is 0.138 e. The molecule has 0 N–H and O–H groups in total. The van der Waals surface area contributed by atoms with Crippen LogP contribution in [0.25, 0.3) is 11.1 Å². The van der Waals surface area contributed by atoms with Crippen LogP contribution in [0.4, 0.5) is 0 Å². The summed E-state index contributed by atoms with van der Waals surface area (Å²) in [5.41, 5.74) is 3.20. The highest BCUT2D eigenvalue weighted by atomic mass is 16.5. The third-order valence-electron chi connectivity index (χ3n) is 3.88. The predicted octanol–water partition coefficient (Wildman–Crippen LogP) is 5.53. The Morgan fingerprint density at radius 1 is 0.731 bits per heavy atom. The zero-order chi connectivity index (χ0) is 18.2. The minimum absolute atomic E-state index is 0.557. The minimum atomic E-state index is 0.557. The van der Waals surface area contributed by atoms with Gasteiger partial charge in [-0.25, -0.2) is 0 Å². The molecule has 0 aliphatic carbocycles. The fourth-order valence-corrected chi connectivity index (χ4v) is 2.65. The Labute approximate surface area is 155 Å². The molecule has 0 bridgehead atoms. The van der Waals surface area contributed by atoms with E-state index in [4.69, 9.17) is 14.2 Å². The summed E-state index contributed by atoms with van der Waals surface area (Å²) in [6.45, 7) is 5.66. The molecule has 0 fully saturated rings. The van der Waals surface area contributed by atoms with E-state index in [2.05, 4.69) is 18.2 Å². The van der Waals surface area contributed by atoms with Gasteiger partial charge in [-0.15, -0.1) is 0 Å². The van der Waals surface area contributed by atoms with Crippen molar-refractivity contribution in [3.05, 3.63) is 78.4 Å². The fourth-order valence-electron chi connectivity index (χ4n) is 2.65. The number of rotatable bonds is 8. The van der Waals surface area contributed by atoms with Crippen molar-refractivity contribution in [3.8, 4) is 28.4 Å². The lowest BCUT2D eigenvalue weighted by molar-refractivity contribution is 0.306. The molecule has 3 aromatic carbocycles. The molecule has 3 heteroatoms. The standard InChI is InChI=1S/C23H23O3/c1-3-24-21-14-15-22(23(16-21)25-4-2)19-10-12-20(13-11-19)26-17-18-8-6-5-7-9-18/h5-15H,3-4,17H2,1-2H3. The highest BCUT2D eigenvalue weighted by molar-refractivity contribution is 5.71. The van der Waals surface area contributed by atoms with Gasteiger partial charge in [-0.3, -0.25) is 0 Å². The van der Waals surface area contributed by atoms with Crippen LogP contribution in [0.3, 0.4) is 0 Å². The van der Waals surface area contributed by atoms with Gasteiger partial charge in [0.05, 0.1) is 19.3 Å². The van der Waals surface area contributed by atoms with E-state index in [0.29, 0.717) is 31.3 Å². The molecule has 0 unspecified atom stereocenters. The van der Waals surface area contributed by atoms with Crippen LogP contribution < -0.4 is 14.2 Å². The second kappa shape index (κ2) is 8.95. The van der Waals surface area contributed by atoms with Gasteiger partial charge in [-0.2, -0.15) is 0 Å². The van der Waals surface area contributed by atoms with Gasteiger partial charge in [-0.05, 0) is 49.2 Å². The van der Waals surface area contributed by atoms with Crippen molar-refractivity contribution in [3.63, 3.8) is 0 Å². The van der Waals surface area contributed by atoms with Crippen molar-refractivity contribution in [1.29, 1.82) is 0 Å². The van der Waals surface area contributed by atoms with Gasteiger partial charge in [0.2, 0.25) is 0 Å². The summed E-state index contributed by atoms with van der Waals surface area (Å²) in [4.78, 5) is 0. The van der Waals surface area contributed by atoms with E-state index in [-0.39, 0.29) is 0 Å². The van der Waals surface area contributed by atoms with Crippen molar-refractivity contribution in [1.82, 2.24) is 0 Å². The van der Waals surface area contributed by atoms with E-state index in [1.54, 1.807) is 0 Å². The third-order valence-corrected chi connectivity index (χ3v) is 3.88. The summed E-state index contributed by atoms with van der Waals surface area (Å²) < 4.78 is 17.1. The minimum Gasteiger partial charge on any atom is -0.493 e. The second-order valence-corrected chi connectivity index (χ2v) is 5.73. The van der Waals surface area contributed by atoms with Gasteiger partial charge < -0.3 is 14.2 Å². The first-order valence-corrected chi connectivity index (χ1v) is 8.89. The Morgan fingerprint density at radius 2 is 1.46 bits per heavy atom. The topological polar surface area (TPSA) is 27.7 Å². The maximum atomic E-state index is 5.85. The van der Waals surface area contributed by atoms with E-state index >= 15 is 0 Å². The van der Waals surface area contributed by atoms with Crippen LogP contribution in [-0.4, -0.2) is 13.2 Å². The normalized spacial score (nSPS) is 10.4. The Hall–Kier alpha value is -2.94.